The van der Waals surface area contributed by atoms with E-state index in [9.17, 15) is 13.2 Å². The number of furan rings is 1. The SMILES string of the molecule is CCc1cc(-c2ccc(S(=O)(=O)NCCCN3CCCC3)o2)c(C)[nH]c1=O.Cl. The molecule has 1 aliphatic rings. The summed E-state index contributed by atoms with van der Waals surface area (Å²) in [5.41, 5.74) is 1.85. The Bertz CT molecular complexity index is 946. The Morgan fingerprint density at radius 1 is 1.25 bits per heavy atom. The quantitative estimate of drug-likeness (QED) is 0.629. The molecular formula is C19H28ClN3O4S. The molecular weight excluding hydrogens is 402 g/mol. The van der Waals surface area contributed by atoms with Gasteiger partial charge < -0.3 is 14.3 Å². The van der Waals surface area contributed by atoms with Gasteiger partial charge in [-0.3, -0.25) is 4.79 Å². The Kier molecular flexibility index (Phi) is 7.88. The molecule has 7 nitrogen and oxygen atoms in total. The molecule has 0 aliphatic carbocycles. The summed E-state index contributed by atoms with van der Waals surface area (Å²) in [5.74, 6) is 0.427. The van der Waals surface area contributed by atoms with E-state index in [-0.39, 0.29) is 23.1 Å². The van der Waals surface area contributed by atoms with Crippen molar-refractivity contribution in [1.29, 1.82) is 0 Å². The number of hydrogen-bond acceptors (Lipinski definition) is 5. The lowest BCUT2D eigenvalue weighted by Crippen LogP contribution is -2.28. The first-order valence-electron chi connectivity index (χ1n) is 9.45. The maximum absolute atomic E-state index is 12.5. The third-order valence-corrected chi connectivity index (χ3v) is 6.28. The predicted octanol–water partition coefficient (Wildman–Crippen LogP) is 2.69. The number of nitrogens with one attached hydrogen (secondary N) is 2. The zero-order valence-corrected chi connectivity index (χ0v) is 17.9. The molecule has 0 spiro atoms. The van der Waals surface area contributed by atoms with Crippen LogP contribution < -0.4 is 10.3 Å². The van der Waals surface area contributed by atoms with Gasteiger partial charge in [0.25, 0.3) is 15.6 Å². The van der Waals surface area contributed by atoms with Crippen LogP contribution >= 0.6 is 12.4 Å². The van der Waals surface area contributed by atoms with Crippen LogP contribution in [-0.2, 0) is 16.4 Å². The smallest absolute Gasteiger partial charge is 0.273 e. The molecule has 2 aromatic heterocycles. The van der Waals surface area contributed by atoms with E-state index in [4.69, 9.17) is 4.42 Å². The maximum Gasteiger partial charge on any atom is 0.273 e. The van der Waals surface area contributed by atoms with Crippen LogP contribution in [0.5, 0.6) is 0 Å². The van der Waals surface area contributed by atoms with Crippen LogP contribution in [0.4, 0.5) is 0 Å². The lowest BCUT2D eigenvalue weighted by Gasteiger charge is -2.14. The lowest BCUT2D eigenvalue weighted by molar-refractivity contribution is 0.334. The molecule has 3 heterocycles. The van der Waals surface area contributed by atoms with E-state index in [1.54, 1.807) is 19.1 Å². The third kappa shape index (κ3) is 5.26. The van der Waals surface area contributed by atoms with E-state index in [2.05, 4.69) is 14.6 Å². The Balaban J connectivity index is 0.00000280. The number of hydrogen-bond donors (Lipinski definition) is 2. The zero-order chi connectivity index (χ0) is 19.4. The molecule has 2 N–H and O–H groups in total. The normalized spacial score (nSPS) is 14.9. The van der Waals surface area contributed by atoms with Crippen LogP contribution in [0.3, 0.4) is 0 Å². The molecule has 9 heteroatoms. The summed E-state index contributed by atoms with van der Waals surface area (Å²) in [4.78, 5) is 17.0. The van der Waals surface area contributed by atoms with E-state index in [1.165, 1.54) is 18.9 Å². The maximum atomic E-state index is 12.5. The molecule has 0 aromatic carbocycles. The summed E-state index contributed by atoms with van der Waals surface area (Å²) in [6.07, 6.45) is 3.81. The summed E-state index contributed by atoms with van der Waals surface area (Å²) in [5, 5.41) is -0.109. The Hall–Kier alpha value is -1.61. The number of nitrogens with zero attached hydrogens (tertiary/aromatic N) is 1. The summed E-state index contributed by atoms with van der Waals surface area (Å²) in [6.45, 7) is 7.16. The monoisotopic (exact) mass is 429 g/mol. The number of aromatic amines is 1. The first-order chi connectivity index (χ1) is 12.9. The van der Waals surface area contributed by atoms with Crippen molar-refractivity contribution >= 4 is 22.4 Å². The molecule has 2 aromatic rings. The molecule has 1 fully saturated rings. The molecule has 3 rings (SSSR count). The van der Waals surface area contributed by atoms with Crippen LogP contribution in [-0.4, -0.2) is 44.5 Å². The molecule has 1 saturated heterocycles. The standard InChI is InChI=1S/C19H27N3O4S.ClH/c1-3-15-13-16(14(2)21-19(15)23)17-7-8-18(26-17)27(24,25)20-9-6-12-22-10-4-5-11-22;/h7-8,13,20H,3-6,9-12H2,1-2H3,(H,21,23);1H. The van der Waals surface area contributed by atoms with Gasteiger partial charge in [0.15, 0.2) is 0 Å². The largest absolute Gasteiger partial charge is 0.443 e. The van der Waals surface area contributed by atoms with Crippen molar-refractivity contribution in [3.05, 3.63) is 39.8 Å². The van der Waals surface area contributed by atoms with Gasteiger partial charge in [0, 0.05) is 23.4 Å². The highest BCUT2D eigenvalue weighted by Crippen LogP contribution is 2.26. The predicted molar refractivity (Wildman–Crippen MR) is 112 cm³/mol. The van der Waals surface area contributed by atoms with Crippen molar-refractivity contribution in [3.8, 4) is 11.3 Å². The van der Waals surface area contributed by atoms with Gasteiger partial charge in [-0.2, -0.15) is 0 Å². The number of halogens is 1. The molecule has 0 amide bonds. The zero-order valence-electron chi connectivity index (χ0n) is 16.3. The second kappa shape index (κ2) is 9.73. The molecule has 0 bridgehead atoms. The third-order valence-electron chi connectivity index (χ3n) is 4.95. The highest BCUT2D eigenvalue weighted by molar-refractivity contribution is 7.89. The number of aromatic nitrogens is 1. The molecule has 0 unspecified atom stereocenters. The fraction of sp³-hybridized carbons (Fsp3) is 0.526. The summed E-state index contributed by atoms with van der Waals surface area (Å²) >= 11 is 0. The number of H-pyrrole nitrogens is 1. The number of aryl methyl sites for hydroxylation is 2. The lowest BCUT2D eigenvalue weighted by atomic mass is 10.1. The minimum Gasteiger partial charge on any atom is -0.443 e. The van der Waals surface area contributed by atoms with Crippen molar-refractivity contribution in [1.82, 2.24) is 14.6 Å². The molecule has 1 aliphatic heterocycles. The van der Waals surface area contributed by atoms with E-state index in [0.717, 1.165) is 26.1 Å². The van der Waals surface area contributed by atoms with Crippen molar-refractivity contribution in [2.75, 3.05) is 26.2 Å². The Morgan fingerprint density at radius 2 is 1.96 bits per heavy atom. The average molecular weight is 430 g/mol. The molecule has 28 heavy (non-hydrogen) atoms. The highest BCUT2D eigenvalue weighted by Gasteiger charge is 2.20. The highest BCUT2D eigenvalue weighted by atomic mass is 35.5. The molecule has 0 radical (unpaired) electrons. The van der Waals surface area contributed by atoms with E-state index >= 15 is 0 Å². The van der Waals surface area contributed by atoms with Crippen molar-refractivity contribution < 1.29 is 12.8 Å². The van der Waals surface area contributed by atoms with E-state index in [0.29, 0.717) is 35.5 Å². The fourth-order valence-corrected chi connectivity index (χ4v) is 4.38. The number of rotatable bonds is 8. The Morgan fingerprint density at radius 3 is 2.64 bits per heavy atom. The first kappa shape index (κ1) is 22.7. The van der Waals surface area contributed by atoms with Crippen molar-refractivity contribution in [2.24, 2.45) is 0 Å². The van der Waals surface area contributed by atoms with Crippen LogP contribution in [0.1, 0.15) is 37.4 Å². The molecule has 0 atom stereocenters. The van der Waals surface area contributed by atoms with Crippen molar-refractivity contribution in [3.63, 3.8) is 0 Å². The van der Waals surface area contributed by atoms with Gasteiger partial charge in [-0.05, 0) is 70.4 Å². The van der Waals surface area contributed by atoms with Gasteiger partial charge >= 0.3 is 0 Å². The minimum atomic E-state index is -3.69. The van der Waals surface area contributed by atoms with Gasteiger partial charge in [-0.15, -0.1) is 12.4 Å². The Labute approximate surface area is 172 Å². The first-order valence-corrected chi connectivity index (χ1v) is 10.9. The topological polar surface area (TPSA) is 95.4 Å². The summed E-state index contributed by atoms with van der Waals surface area (Å²) < 4.78 is 33.1. The number of likely N-dealkylation sites (tertiary alicyclic amines) is 1. The van der Waals surface area contributed by atoms with Gasteiger partial charge in [0.1, 0.15) is 5.76 Å². The van der Waals surface area contributed by atoms with Gasteiger partial charge in [-0.1, -0.05) is 6.92 Å². The number of pyridine rings is 1. The van der Waals surface area contributed by atoms with Crippen LogP contribution in [0.15, 0.2) is 32.5 Å². The summed E-state index contributed by atoms with van der Waals surface area (Å²) in [6, 6.07) is 4.83. The summed E-state index contributed by atoms with van der Waals surface area (Å²) in [7, 11) is -3.69. The fourth-order valence-electron chi connectivity index (χ4n) is 3.38. The minimum absolute atomic E-state index is 0. The van der Waals surface area contributed by atoms with E-state index in [1.807, 2.05) is 6.92 Å². The van der Waals surface area contributed by atoms with Crippen molar-refractivity contribution in [2.45, 2.75) is 44.6 Å². The second-order valence-electron chi connectivity index (χ2n) is 6.93. The van der Waals surface area contributed by atoms with Crippen LogP contribution in [0, 0.1) is 6.92 Å². The molecule has 156 valence electrons. The average Bonchev–Trinajstić information content (AvgIpc) is 3.31. The van der Waals surface area contributed by atoms with Crippen LogP contribution in [0.25, 0.3) is 11.3 Å². The van der Waals surface area contributed by atoms with Crippen LogP contribution in [0.2, 0.25) is 0 Å². The van der Waals surface area contributed by atoms with Gasteiger partial charge in [0.2, 0.25) is 5.09 Å². The second-order valence-corrected chi connectivity index (χ2v) is 8.63. The molecule has 0 saturated carbocycles. The number of sulfonamides is 1. The van der Waals surface area contributed by atoms with Gasteiger partial charge in [-0.25, -0.2) is 13.1 Å². The van der Waals surface area contributed by atoms with E-state index < -0.39 is 10.0 Å². The van der Waals surface area contributed by atoms with Gasteiger partial charge in [0.05, 0.1) is 0 Å².